The van der Waals surface area contributed by atoms with Crippen LogP contribution in [0.5, 0.6) is 0 Å². The van der Waals surface area contributed by atoms with Gasteiger partial charge in [0, 0.05) is 5.57 Å². The summed E-state index contributed by atoms with van der Waals surface area (Å²) in [5.41, 5.74) is 2.14. The maximum atomic E-state index is 12.5. The topological polar surface area (TPSA) is 26.3 Å². The molecule has 0 heterocycles. The number of carbonyl (C=O) groups is 1. The SMILES string of the molecule is CCOC(=O)/C(=C/[C@@H]1C(C)CC[C@H]2[C@@]1(C)CC[C@H]1C(C)(C)CCC[C@]21C)CC. The lowest BCUT2D eigenvalue weighted by Crippen LogP contribution is -2.58. The Hall–Kier alpha value is -0.790. The summed E-state index contributed by atoms with van der Waals surface area (Å²) in [6.45, 7) is 17.1. The van der Waals surface area contributed by atoms with Gasteiger partial charge in [-0.3, -0.25) is 0 Å². The lowest BCUT2D eigenvalue weighted by molar-refractivity contribution is -0.164. The molecule has 0 radical (unpaired) electrons. The van der Waals surface area contributed by atoms with Crippen molar-refractivity contribution >= 4 is 5.97 Å². The van der Waals surface area contributed by atoms with Crippen LogP contribution in [0.1, 0.15) is 99.8 Å². The molecule has 3 aliphatic rings. The molecule has 2 heteroatoms. The fraction of sp³-hybridized carbons (Fsp3) is 0.885. The zero-order valence-corrected chi connectivity index (χ0v) is 19.6. The predicted octanol–water partition coefficient (Wildman–Crippen LogP) is 7.18. The summed E-state index contributed by atoms with van der Waals surface area (Å²) in [7, 11) is 0. The van der Waals surface area contributed by atoms with Gasteiger partial charge in [0.15, 0.2) is 0 Å². The van der Waals surface area contributed by atoms with Gasteiger partial charge in [0.1, 0.15) is 0 Å². The second-order valence-electron chi connectivity index (χ2n) is 11.3. The lowest BCUT2D eigenvalue weighted by Gasteiger charge is -2.66. The van der Waals surface area contributed by atoms with E-state index in [1.807, 2.05) is 6.92 Å². The Balaban J connectivity index is 1.97. The molecule has 3 rings (SSSR count). The van der Waals surface area contributed by atoms with Crippen molar-refractivity contribution in [1.29, 1.82) is 0 Å². The molecule has 0 saturated heterocycles. The summed E-state index contributed by atoms with van der Waals surface area (Å²) >= 11 is 0. The molecular weight excluding hydrogens is 344 g/mol. The average molecular weight is 389 g/mol. The van der Waals surface area contributed by atoms with E-state index in [0.717, 1.165) is 23.8 Å². The predicted molar refractivity (Wildman–Crippen MR) is 117 cm³/mol. The average Bonchev–Trinajstić information content (AvgIpc) is 2.60. The number of rotatable bonds is 4. The molecule has 0 amide bonds. The first-order valence-corrected chi connectivity index (χ1v) is 12.0. The van der Waals surface area contributed by atoms with Crippen molar-refractivity contribution < 1.29 is 9.53 Å². The molecule has 3 aliphatic carbocycles. The Labute approximate surface area is 173 Å². The highest BCUT2D eigenvalue weighted by Crippen LogP contribution is 2.69. The summed E-state index contributed by atoms with van der Waals surface area (Å²) in [4.78, 5) is 12.5. The molecule has 28 heavy (non-hydrogen) atoms. The van der Waals surface area contributed by atoms with E-state index in [0.29, 0.717) is 34.7 Å². The first-order valence-electron chi connectivity index (χ1n) is 12.0. The van der Waals surface area contributed by atoms with Crippen molar-refractivity contribution in [3.63, 3.8) is 0 Å². The second-order valence-corrected chi connectivity index (χ2v) is 11.3. The highest BCUT2D eigenvalue weighted by atomic mass is 16.5. The largest absolute Gasteiger partial charge is 0.463 e. The molecule has 0 spiro atoms. The first-order chi connectivity index (χ1) is 13.1. The Morgan fingerprint density at radius 3 is 2.32 bits per heavy atom. The molecule has 6 atom stereocenters. The summed E-state index contributed by atoms with van der Waals surface area (Å²) in [6, 6.07) is 0. The molecule has 0 aromatic heterocycles. The molecular formula is C26H44O2. The van der Waals surface area contributed by atoms with Crippen LogP contribution in [0.15, 0.2) is 11.6 Å². The normalized spacial score (nSPS) is 43.0. The summed E-state index contributed by atoms with van der Waals surface area (Å²) in [5, 5.41) is 0. The van der Waals surface area contributed by atoms with Crippen LogP contribution in [0, 0.1) is 39.9 Å². The lowest BCUT2D eigenvalue weighted by atomic mass is 9.39. The van der Waals surface area contributed by atoms with Crippen molar-refractivity contribution in [3.05, 3.63) is 11.6 Å². The third-order valence-electron chi connectivity index (χ3n) is 9.42. The molecule has 0 N–H and O–H groups in total. The van der Waals surface area contributed by atoms with Gasteiger partial charge in [-0.2, -0.15) is 0 Å². The second kappa shape index (κ2) is 7.80. The van der Waals surface area contributed by atoms with Gasteiger partial charge in [0.2, 0.25) is 0 Å². The molecule has 0 bridgehead atoms. The van der Waals surface area contributed by atoms with E-state index in [2.05, 4.69) is 47.6 Å². The highest BCUT2D eigenvalue weighted by molar-refractivity contribution is 5.88. The Bertz CT molecular complexity index is 618. The molecule has 2 nitrogen and oxygen atoms in total. The number of fused-ring (bicyclic) bond motifs is 3. The maximum Gasteiger partial charge on any atom is 0.333 e. The maximum absolute atomic E-state index is 12.5. The van der Waals surface area contributed by atoms with Gasteiger partial charge in [-0.05, 0) is 91.8 Å². The Morgan fingerprint density at radius 1 is 0.964 bits per heavy atom. The minimum absolute atomic E-state index is 0.0957. The van der Waals surface area contributed by atoms with E-state index in [1.54, 1.807) is 0 Å². The third kappa shape index (κ3) is 3.47. The monoisotopic (exact) mass is 388 g/mol. The third-order valence-corrected chi connectivity index (χ3v) is 9.42. The van der Waals surface area contributed by atoms with Crippen LogP contribution in [0.3, 0.4) is 0 Å². The van der Waals surface area contributed by atoms with Gasteiger partial charge in [-0.15, -0.1) is 0 Å². The number of esters is 1. The van der Waals surface area contributed by atoms with Gasteiger partial charge >= 0.3 is 5.97 Å². The molecule has 3 saturated carbocycles. The number of ether oxygens (including phenoxy) is 1. The number of hydrogen-bond acceptors (Lipinski definition) is 2. The van der Waals surface area contributed by atoms with Crippen LogP contribution in [0.4, 0.5) is 0 Å². The van der Waals surface area contributed by atoms with Gasteiger partial charge in [0.25, 0.3) is 0 Å². The van der Waals surface area contributed by atoms with Crippen molar-refractivity contribution in [2.45, 2.75) is 99.8 Å². The smallest absolute Gasteiger partial charge is 0.333 e. The molecule has 160 valence electrons. The van der Waals surface area contributed by atoms with Crippen molar-refractivity contribution in [1.82, 2.24) is 0 Å². The summed E-state index contributed by atoms with van der Waals surface area (Å²) < 4.78 is 5.37. The summed E-state index contributed by atoms with van der Waals surface area (Å²) in [6.07, 6.45) is 12.6. The fourth-order valence-corrected chi connectivity index (χ4v) is 8.13. The first kappa shape index (κ1) is 21.9. The Morgan fingerprint density at radius 2 is 1.68 bits per heavy atom. The van der Waals surface area contributed by atoms with Crippen molar-refractivity contribution in [2.75, 3.05) is 6.61 Å². The van der Waals surface area contributed by atoms with Gasteiger partial charge in [-0.25, -0.2) is 4.79 Å². The van der Waals surface area contributed by atoms with E-state index in [9.17, 15) is 4.79 Å². The van der Waals surface area contributed by atoms with E-state index in [4.69, 9.17) is 4.74 Å². The van der Waals surface area contributed by atoms with E-state index in [1.165, 1.54) is 44.9 Å². The van der Waals surface area contributed by atoms with Gasteiger partial charge in [0.05, 0.1) is 6.61 Å². The van der Waals surface area contributed by atoms with Crippen molar-refractivity contribution in [2.24, 2.45) is 39.9 Å². The van der Waals surface area contributed by atoms with E-state index in [-0.39, 0.29) is 5.97 Å². The zero-order chi connectivity index (χ0) is 20.7. The molecule has 0 aromatic carbocycles. The zero-order valence-electron chi connectivity index (χ0n) is 19.6. The van der Waals surface area contributed by atoms with E-state index >= 15 is 0 Å². The molecule has 0 aliphatic heterocycles. The van der Waals surface area contributed by atoms with Crippen LogP contribution in [0.2, 0.25) is 0 Å². The van der Waals surface area contributed by atoms with Gasteiger partial charge in [-0.1, -0.05) is 54.0 Å². The quantitative estimate of drug-likeness (QED) is 0.376. The fourth-order valence-electron chi connectivity index (χ4n) is 8.13. The van der Waals surface area contributed by atoms with Gasteiger partial charge < -0.3 is 4.74 Å². The van der Waals surface area contributed by atoms with Crippen LogP contribution >= 0.6 is 0 Å². The van der Waals surface area contributed by atoms with Crippen LogP contribution in [-0.4, -0.2) is 12.6 Å². The minimum Gasteiger partial charge on any atom is -0.463 e. The molecule has 1 unspecified atom stereocenters. The van der Waals surface area contributed by atoms with Crippen LogP contribution < -0.4 is 0 Å². The van der Waals surface area contributed by atoms with E-state index < -0.39 is 0 Å². The molecule has 3 fully saturated rings. The Kier molecular flexibility index (Phi) is 6.10. The van der Waals surface area contributed by atoms with Crippen molar-refractivity contribution in [3.8, 4) is 0 Å². The highest BCUT2D eigenvalue weighted by Gasteiger charge is 2.61. The minimum atomic E-state index is -0.0957. The number of carbonyl (C=O) groups excluding carboxylic acids is 1. The van der Waals surface area contributed by atoms with Crippen LogP contribution in [0.25, 0.3) is 0 Å². The number of allylic oxidation sites excluding steroid dienone is 1. The molecule has 0 aromatic rings. The van der Waals surface area contributed by atoms with Crippen LogP contribution in [-0.2, 0) is 9.53 Å². The number of hydrogen-bond donors (Lipinski definition) is 0. The summed E-state index contributed by atoms with van der Waals surface area (Å²) in [5.74, 6) is 2.67. The standard InChI is InChI=1S/C26H44O2/c1-8-19(23(27)28-9-2)17-20-18(3)11-12-22-25(20,6)16-13-21-24(4,5)14-10-15-26(21,22)7/h17-18,20-22H,8-16H2,1-7H3/b19-17+/t18?,20-,21+,22+,25+,26+/m1/s1.